The zero-order valence-corrected chi connectivity index (χ0v) is 14.1. The molecule has 3 aromatic rings. The highest BCUT2D eigenvalue weighted by Crippen LogP contribution is 2.24. The van der Waals surface area contributed by atoms with Crippen LogP contribution in [0.3, 0.4) is 0 Å². The van der Waals surface area contributed by atoms with Gasteiger partial charge in [-0.2, -0.15) is 0 Å². The van der Waals surface area contributed by atoms with Crippen molar-refractivity contribution in [1.82, 2.24) is 9.97 Å². The second-order valence-electron chi connectivity index (χ2n) is 5.79. The van der Waals surface area contributed by atoms with Crippen LogP contribution in [0.15, 0.2) is 59.7 Å². The molecule has 1 N–H and O–H groups in total. The maximum absolute atomic E-state index is 4.63. The van der Waals surface area contributed by atoms with Crippen LogP contribution in [-0.2, 0) is 0 Å². The van der Waals surface area contributed by atoms with Crippen molar-refractivity contribution < 1.29 is 0 Å². The van der Waals surface area contributed by atoms with Gasteiger partial charge in [0, 0.05) is 6.20 Å². The van der Waals surface area contributed by atoms with Gasteiger partial charge in [0.1, 0.15) is 11.6 Å². The van der Waals surface area contributed by atoms with Gasteiger partial charge in [0.2, 0.25) is 0 Å². The highest BCUT2D eigenvalue weighted by molar-refractivity contribution is 5.81. The molecule has 0 fully saturated rings. The van der Waals surface area contributed by atoms with E-state index in [1.165, 1.54) is 16.7 Å². The molecule has 0 aliphatic rings. The molecule has 2 heterocycles. The zero-order valence-electron chi connectivity index (χ0n) is 14.1. The van der Waals surface area contributed by atoms with Crippen molar-refractivity contribution in [3.8, 4) is 0 Å². The van der Waals surface area contributed by atoms with Gasteiger partial charge in [-0.1, -0.05) is 29.8 Å². The number of hydrogen-bond donors (Lipinski definition) is 1. The minimum absolute atomic E-state index is 0.745. The van der Waals surface area contributed by atoms with Crippen LogP contribution < -0.4 is 5.32 Å². The van der Waals surface area contributed by atoms with Crippen LogP contribution in [-0.4, -0.2) is 16.2 Å². The maximum atomic E-state index is 4.63. The fourth-order valence-electron chi connectivity index (χ4n) is 2.67. The molecule has 0 aliphatic heterocycles. The first-order chi connectivity index (χ1) is 11.6. The largest absolute Gasteiger partial charge is 0.325 e. The summed E-state index contributed by atoms with van der Waals surface area (Å²) in [5.74, 6) is 1.51. The minimum Gasteiger partial charge on any atom is -0.325 e. The van der Waals surface area contributed by atoms with E-state index in [1.807, 2.05) is 36.4 Å². The topological polar surface area (TPSA) is 50.2 Å². The average Bonchev–Trinajstić information content (AvgIpc) is 2.55. The molecule has 0 amide bonds. The quantitative estimate of drug-likeness (QED) is 0.697. The zero-order chi connectivity index (χ0) is 16.9. The Bertz CT molecular complexity index is 847. The molecule has 2 aromatic heterocycles. The minimum atomic E-state index is 0.745. The lowest BCUT2D eigenvalue weighted by Gasteiger charge is -2.07. The molecular weight excluding hydrogens is 296 g/mol. The van der Waals surface area contributed by atoms with Gasteiger partial charge in [-0.05, 0) is 56.2 Å². The highest BCUT2D eigenvalue weighted by Gasteiger charge is 2.02. The molecule has 0 saturated carbocycles. The van der Waals surface area contributed by atoms with Crippen molar-refractivity contribution in [3.05, 3.63) is 77.1 Å². The third-order valence-corrected chi connectivity index (χ3v) is 3.65. The predicted octanol–water partition coefficient (Wildman–Crippen LogP) is 4.90. The Labute approximate surface area is 142 Å². The lowest BCUT2D eigenvalue weighted by atomic mass is 10.1. The Hall–Kier alpha value is -3.01. The number of pyridine rings is 2. The van der Waals surface area contributed by atoms with E-state index in [9.17, 15) is 0 Å². The Morgan fingerprint density at radius 1 is 0.917 bits per heavy atom. The number of anilines is 2. The van der Waals surface area contributed by atoms with Crippen LogP contribution in [0.2, 0.25) is 0 Å². The maximum Gasteiger partial charge on any atom is 0.132 e. The van der Waals surface area contributed by atoms with Crippen LogP contribution in [0.4, 0.5) is 17.3 Å². The van der Waals surface area contributed by atoms with E-state index in [4.69, 9.17) is 0 Å². The monoisotopic (exact) mass is 316 g/mol. The molecule has 1 aromatic carbocycles. The fraction of sp³-hybridized carbons (Fsp3) is 0.150. The number of rotatable bonds is 4. The number of nitrogens with zero attached hydrogens (tertiary/aromatic N) is 3. The van der Waals surface area contributed by atoms with Gasteiger partial charge >= 0.3 is 0 Å². The Balaban J connectivity index is 1.82. The summed E-state index contributed by atoms with van der Waals surface area (Å²) in [4.78, 5) is 13.4. The highest BCUT2D eigenvalue weighted by atomic mass is 15.1. The van der Waals surface area contributed by atoms with Gasteiger partial charge in [0.05, 0.1) is 17.6 Å². The van der Waals surface area contributed by atoms with E-state index in [2.05, 4.69) is 53.2 Å². The molecule has 3 rings (SSSR count). The summed E-state index contributed by atoms with van der Waals surface area (Å²) < 4.78 is 0. The van der Waals surface area contributed by atoms with Gasteiger partial charge in [0.15, 0.2) is 0 Å². The molecular formula is C20H20N4. The van der Waals surface area contributed by atoms with Crippen LogP contribution in [0, 0.1) is 20.8 Å². The molecule has 0 spiro atoms. The lowest BCUT2D eigenvalue weighted by molar-refractivity contribution is 1.24. The molecule has 0 unspecified atom stereocenters. The first-order valence-corrected chi connectivity index (χ1v) is 7.89. The smallest absolute Gasteiger partial charge is 0.132 e. The third-order valence-electron chi connectivity index (χ3n) is 3.65. The van der Waals surface area contributed by atoms with Gasteiger partial charge in [-0.25, -0.2) is 9.97 Å². The van der Waals surface area contributed by atoms with Crippen molar-refractivity contribution in [1.29, 1.82) is 0 Å². The SMILES string of the molecule is Cc1cc(C)c(/N=C/c2cccc(Nc3ccccn3)n2)c(C)c1. The summed E-state index contributed by atoms with van der Waals surface area (Å²) in [5.41, 5.74) is 5.41. The van der Waals surface area contributed by atoms with Crippen molar-refractivity contribution >= 4 is 23.5 Å². The van der Waals surface area contributed by atoms with Gasteiger partial charge in [-0.3, -0.25) is 4.99 Å². The molecule has 24 heavy (non-hydrogen) atoms. The number of aryl methyl sites for hydroxylation is 3. The van der Waals surface area contributed by atoms with Gasteiger partial charge in [-0.15, -0.1) is 0 Å². The lowest BCUT2D eigenvalue weighted by Crippen LogP contribution is -1.97. The predicted molar refractivity (Wildman–Crippen MR) is 99.7 cm³/mol. The van der Waals surface area contributed by atoms with Crippen molar-refractivity contribution in [2.75, 3.05) is 5.32 Å². The summed E-state index contributed by atoms with van der Waals surface area (Å²) in [6.45, 7) is 6.26. The van der Waals surface area contributed by atoms with Gasteiger partial charge < -0.3 is 5.32 Å². The second kappa shape index (κ2) is 7.04. The molecule has 0 aliphatic carbocycles. The van der Waals surface area contributed by atoms with Crippen molar-refractivity contribution in [2.45, 2.75) is 20.8 Å². The summed E-state index contributed by atoms with van der Waals surface area (Å²) in [5, 5.41) is 3.19. The fourth-order valence-corrected chi connectivity index (χ4v) is 2.67. The number of nitrogens with one attached hydrogen (secondary N) is 1. The van der Waals surface area contributed by atoms with Crippen molar-refractivity contribution in [2.24, 2.45) is 4.99 Å². The van der Waals surface area contributed by atoms with Gasteiger partial charge in [0.25, 0.3) is 0 Å². The molecule has 0 bridgehead atoms. The van der Waals surface area contributed by atoms with Crippen LogP contribution in [0.25, 0.3) is 0 Å². The Morgan fingerprint density at radius 2 is 1.67 bits per heavy atom. The molecule has 4 nitrogen and oxygen atoms in total. The van der Waals surface area contributed by atoms with E-state index < -0.39 is 0 Å². The van der Waals surface area contributed by atoms with Crippen LogP contribution in [0.5, 0.6) is 0 Å². The van der Waals surface area contributed by atoms with E-state index in [1.54, 1.807) is 12.4 Å². The number of benzene rings is 1. The van der Waals surface area contributed by atoms with E-state index in [0.29, 0.717) is 0 Å². The van der Waals surface area contributed by atoms with Crippen LogP contribution in [0.1, 0.15) is 22.4 Å². The summed E-state index contributed by atoms with van der Waals surface area (Å²) >= 11 is 0. The summed E-state index contributed by atoms with van der Waals surface area (Å²) in [6.07, 6.45) is 3.55. The summed E-state index contributed by atoms with van der Waals surface area (Å²) in [6, 6.07) is 15.8. The molecule has 120 valence electrons. The van der Waals surface area contributed by atoms with E-state index >= 15 is 0 Å². The number of aliphatic imine (C=N–C) groups is 1. The molecule has 0 saturated heterocycles. The Kier molecular flexibility index (Phi) is 4.66. The molecule has 0 radical (unpaired) electrons. The average molecular weight is 316 g/mol. The molecule has 4 heteroatoms. The Morgan fingerprint density at radius 3 is 2.38 bits per heavy atom. The van der Waals surface area contributed by atoms with Crippen LogP contribution >= 0.6 is 0 Å². The van der Waals surface area contributed by atoms with E-state index in [-0.39, 0.29) is 0 Å². The standard InChI is InChI=1S/C20H20N4/c1-14-11-15(2)20(16(3)12-14)22-13-17-7-6-9-19(23-17)24-18-8-4-5-10-21-18/h4-13H,1-3H3,(H,21,23,24)/b22-13+. The first kappa shape index (κ1) is 15.9. The number of aromatic nitrogens is 2. The summed E-state index contributed by atoms with van der Waals surface area (Å²) in [7, 11) is 0. The van der Waals surface area contributed by atoms with Crippen molar-refractivity contribution in [3.63, 3.8) is 0 Å². The molecule has 0 atom stereocenters. The number of hydrogen-bond acceptors (Lipinski definition) is 4. The normalized spacial score (nSPS) is 11.0. The second-order valence-corrected chi connectivity index (χ2v) is 5.79. The first-order valence-electron chi connectivity index (χ1n) is 7.89. The third kappa shape index (κ3) is 3.84. The van der Waals surface area contributed by atoms with E-state index in [0.717, 1.165) is 23.0 Å².